The molecule has 3 heteroatoms. The number of aromatic hydroxyl groups is 1. The van der Waals surface area contributed by atoms with Gasteiger partial charge in [-0.05, 0) is 80.0 Å². The zero-order valence-corrected chi connectivity index (χ0v) is 17.9. The molecule has 0 heterocycles. The standard InChI is InChI=1S/C25H32O3/c1-7-25(8-2,21-11-13-23(26)19(6)15-21)20-10-12-22(17(4)14-20)18(5)16-24(27)28-9-3/h10-16,26H,7-9H2,1-6H3/b18-16-. The first-order valence-corrected chi connectivity index (χ1v) is 10.1. The lowest BCUT2D eigenvalue weighted by atomic mass is 9.69. The van der Waals surface area contributed by atoms with E-state index in [1.165, 1.54) is 11.1 Å². The average molecular weight is 381 g/mol. The summed E-state index contributed by atoms with van der Waals surface area (Å²) in [7, 11) is 0. The lowest BCUT2D eigenvalue weighted by molar-refractivity contribution is -0.137. The van der Waals surface area contributed by atoms with E-state index in [0.717, 1.165) is 35.1 Å². The van der Waals surface area contributed by atoms with Crippen molar-refractivity contribution in [2.45, 2.75) is 59.8 Å². The summed E-state index contributed by atoms with van der Waals surface area (Å²) in [5.74, 6) is 0.0237. The Bertz CT molecular complexity index is 873. The number of hydrogen-bond donors (Lipinski definition) is 1. The van der Waals surface area contributed by atoms with E-state index in [9.17, 15) is 9.90 Å². The Kier molecular flexibility index (Phi) is 7.06. The Hall–Kier alpha value is -2.55. The van der Waals surface area contributed by atoms with Crippen molar-refractivity contribution >= 4 is 11.5 Å². The van der Waals surface area contributed by atoms with E-state index in [0.29, 0.717) is 12.4 Å². The number of benzene rings is 2. The molecule has 0 saturated heterocycles. The summed E-state index contributed by atoms with van der Waals surface area (Å²) < 4.78 is 5.03. The number of ether oxygens (including phenoxy) is 1. The minimum atomic E-state index is -0.306. The van der Waals surface area contributed by atoms with Crippen LogP contribution in [0.4, 0.5) is 0 Å². The predicted molar refractivity (Wildman–Crippen MR) is 116 cm³/mol. The molecular formula is C25H32O3. The lowest BCUT2D eigenvalue weighted by Crippen LogP contribution is -2.26. The van der Waals surface area contributed by atoms with Crippen molar-refractivity contribution in [1.82, 2.24) is 0 Å². The number of allylic oxidation sites excluding steroid dienone is 1. The SMILES string of the molecule is CCOC(=O)/C=C(/C)c1ccc(C(CC)(CC)c2ccc(O)c(C)c2)cc1C. The number of rotatable bonds is 7. The van der Waals surface area contributed by atoms with E-state index in [1.54, 1.807) is 19.1 Å². The fourth-order valence-corrected chi connectivity index (χ4v) is 4.03. The summed E-state index contributed by atoms with van der Waals surface area (Å²) in [6.07, 6.45) is 3.48. The van der Waals surface area contributed by atoms with Gasteiger partial charge in [0.15, 0.2) is 0 Å². The topological polar surface area (TPSA) is 46.5 Å². The van der Waals surface area contributed by atoms with Crippen LogP contribution in [0.2, 0.25) is 0 Å². The Labute approximate surface area is 169 Å². The number of phenolic OH excluding ortho intramolecular Hbond substituents is 1. The van der Waals surface area contributed by atoms with E-state index < -0.39 is 0 Å². The number of aryl methyl sites for hydroxylation is 2. The maximum Gasteiger partial charge on any atom is 0.331 e. The van der Waals surface area contributed by atoms with Crippen LogP contribution >= 0.6 is 0 Å². The summed E-state index contributed by atoms with van der Waals surface area (Å²) in [5.41, 5.74) is 6.36. The first kappa shape index (κ1) is 21.7. The molecule has 3 nitrogen and oxygen atoms in total. The molecule has 0 spiro atoms. The van der Waals surface area contributed by atoms with E-state index in [2.05, 4.69) is 45.0 Å². The van der Waals surface area contributed by atoms with Crippen LogP contribution in [0.15, 0.2) is 42.5 Å². The lowest BCUT2D eigenvalue weighted by Gasteiger charge is -2.34. The number of carbonyl (C=O) groups is 1. The molecule has 0 amide bonds. The van der Waals surface area contributed by atoms with Crippen LogP contribution in [-0.2, 0) is 14.9 Å². The number of hydrogen-bond acceptors (Lipinski definition) is 3. The molecule has 0 unspecified atom stereocenters. The van der Waals surface area contributed by atoms with Crippen molar-refractivity contribution in [1.29, 1.82) is 0 Å². The third-order valence-electron chi connectivity index (χ3n) is 5.78. The van der Waals surface area contributed by atoms with Crippen molar-refractivity contribution in [3.63, 3.8) is 0 Å². The highest BCUT2D eigenvalue weighted by molar-refractivity contribution is 5.91. The van der Waals surface area contributed by atoms with E-state index in [4.69, 9.17) is 4.74 Å². The quantitative estimate of drug-likeness (QED) is 0.467. The molecule has 2 aromatic carbocycles. The van der Waals surface area contributed by atoms with Crippen LogP contribution in [0.1, 0.15) is 68.4 Å². The Morgan fingerprint density at radius 1 is 1.00 bits per heavy atom. The van der Waals surface area contributed by atoms with Gasteiger partial charge >= 0.3 is 5.97 Å². The highest BCUT2D eigenvalue weighted by atomic mass is 16.5. The molecule has 1 N–H and O–H groups in total. The summed E-state index contributed by atoms with van der Waals surface area (Å²) in [6.45, 7) is 12.6. The molecule has 0 aliphatic rings. The third-order valence-corrected chi connectivity index (χ3v) is 5.78. The molecule has 0 aliphatic carbocycles. The number of esters is 1. The minimum absolute atomic E-state index is 0.111. The molecule has 0 bridgehead atoms. The largest absolute Gasteiger partial charge is 0.508 e. The molecule has 150 valence electrons. The second-order valence-corrected chi connectivity index (χ2v) is 7.40. The molecular weight excluding hydrogens is 348 g/mol. The highest BCUT2D eigenvalue weighted by Gasteiger charge is 2.31. The second kappa shape index (κ2) is 9.09. The molecule has 2 rings (SSSR count). The van der Waals surface area contributed by atoms with Gasteiger partial charge < -0.3 is 9.84 Å². The first-order chi connectivity index (χ1) is 13.3. The van der Waals surface area contributed by atoms with Gasteiger partial charge in [0, 0.05) is 11.5 Å². The van der Waals surface area contributed by atoms with Crippen LogP contribution < -0.4 is 0 Å². The molecule has 0 radical (unpaired) electrons. The minimum Gasteiger partial charge on any atom is -0.508 e. The van der Waals surface area contributed by atoms with E-state index in [1.807, 2.05) is 19.9 Å². The van der Waals surface area contributed by atoms with Gasteiger partial charge in [0.25, 0.3) is 0 Å². The van der Waals surface area contributed by atoms with Crippen molar-refractivity contribution < 1.29 is 14.6 Å². The summed E-state index contributed by atoms with van der Waals surface area (Å²) in [4.78, 5) is 11.8. The maximum absolute atomic E-state index is 11.8. The summed E-state index contributed by atoms with van der Waals surface area (Å²) in [6, 6.07) is 12.4. The molecule has 0 fully saturated rings. The van der Waals surface area contributed by atoms with Crippen LogP contribution in [0, 0.1) is 13.8 Å². The van der Waals surface area contributed by atoms with Gasteiger partial charge in [0.2, 0.25) is 0 Å². The van der Waals surface area contributed by atoms with Crippen LogP contribution in [0.3, 0.4) is 0 Å². The van der Waals surface area contributed by atoms with Crippen molar-refractivity contribution in [2.75, 3.05) is 6.61 Å². The summed E-state index contributed by atoms with van der Waals surface area (Å²) >= 11 is 0. The molecule has 0 aromatic heterocycles. The fourth-order valence-electron chi connectivity index (χ4n) is 4.03. The second-order valence-electron chi connectivity index (χ2n) is 7.40. The van der Waals surface area contributed by atoms with Gasteiger partial charge in [-0.1, -0.05) is 44.2 Å². The van der Waals surface area contributed by atoms with Crippen molar-refractivity contribution in [3.05, 3.63) is 70.3 Å². The Morgan fingerprint density at radius 3 is 2.07 bits per heavy atom. The van der Waals surface area contributed by atoms with Crippen LogP contribution in [-0.4, -0.2) is 17.7 Å². The van der Waals surface area contributed by atoms with Gasteiger partial charge in [0.1, 0.15) is 5.75 Å². The first-order valence-electron chi connectivity index (χ1n) is 10.1. The summed E-state index contributed by atoms with van der Waals surface area (Å²) in [5, 5.41) is 9.93. The average Bonchev–Trinajstić information content (AvgIpc) is 2.66. The van der Waals surface area contributed by atoms with Crippen molar-refractivity contribution in [3.8, 4) is 5.75 Å². The van der Waals surface area contributed by atoms with Crippen molar-refractivity contribution in [2.24, 2.45) is 0 Å². The Morgan fingerprint density at radius 2 is 1.57 bits per heavy atom. The third kappa shape index (κ3) is 4.30. The predicted octanol–water partition coefficient (Wildman–Crippen LogP) is 6.08. The smallest absolute Gasteiger partial charge is 0.331 e. The molecule has 0 saturated carbocycles. The van der Waals surface area contributed by atoms with Crippen LogP contribution in [0.25, 0.3) is 5.57 Å². The fraction of sp³-hybridized carbons (Fsp3) is 0.400. The van der Waals surface area contributed by atoms with Gasteiger partial charge in [0.05, 0.1) is 6.61 Å². The molecule has 0 atom stereocenters. The van der Waals surface area contributed by atoms with Gasteiger partial charge in [-0.2, -0.15) is 0 Å². The van der Waals surface area contributed by atoms with Gasteiger partial charge in [-0.15, -0.1) is 0 Å². The monoisotopic (exact) mass is 380 g/mol. The molecule has 2 aromatic rings. The number of phenols is 1. The van der Waals surface area contributed by atoms with Crippen LogP contribution in [0.5, 0.6) is 5.75 Å². The normalized spacial score (nSPS) is 12.1. The number of carbonyl (C=O) groups excluding carboxylic acids is 1. The molecule has 28 heavy (non-hydrogen) atoms. The molecule has 0 aliphatic heterocycles. The maximum atomic E-state index is 11.8. The van der Waals surface area contributed by atoms with E-state index in [-0.39, 0.29) is 11.4 Å². The van der Waals surface area contributed by atoms with Gasteiger partial charge in [-0.25, -0.2) is 4.79 Å². The van der Waals surface area contributed by atoms with E-state index >= 15 is 0 Å². The zero-order chi connectivity index (χ0) is 20.9. The highest BCUT2D eigenvalue weighted by Crippen LogP contribution is 2.41. The van der Waals surface area contributed by atoms with Gasteiger partial charge in [-0.3, -0.25) is 0 Å². The Balaban J connectivity index is 2.51. The zero-order valence-electron chi connectivity index (χ0n) is 17.9.